The first kappa shape index (κ1) is 9.51. The SMILES string of the molecule is COc1cncc(-c2nccnc2C)n1. The maximum absolute atomic E-state index is 4.99. The summed E-state index contributed by atoms with van der Waals surface area (Å²) in [6, 6.07) is 0. The lowest BCUT2D eigenvalue weighted by atomic mass is 10.2. The van der Waals surface area contributed by atoms with E-state index in [1.54, 1.807) is 31.9 Å². The second-order valence-corrected chi connectivity index (χ2v) is 2.94. The predicted octanol–water partition coefficient (Wildman–Crippen LogP) is 1.25. The van der Waals surface area contributed by atoms with Gasteiger partial charge in [0.05, 0.1) is 25.2 Å². The Hall–Kier alpha value is -2.04. The molecule has 0 spiro atoms. The van der Waals surface area contributed by atoms with Crippen molar-refractivity contribution < 1.29 is 4.74 Å². The van der Waals surface area contributed by atoms with Gasteiger partial charge in [-0.3, -0.25) is 15.0 Å². The summed E-state index contributed by atoms with van der Waals surface area (Å²) in [5, 5.41) is 0. The summed E-state index contributed by atoms with van der Waals surface area (Å²) in [4.78, 5) is 16.6. The highest BCUT2D eigenvalue weighted by Crippen LogP contribution is 2.17. The largest absolute Gasteiger partial charge is 0.480 e. The molecule has 2 heterocycles. The Labute approximate surface area is 87.2 Å². The lowest BCUT2D eigenvalue weighted by Crippen LogP contribution is -1.96. The third kappa shape index (κ3) is 1.90. The van der Waals surface area contributed by atoms with Crippen LogP contribution < -0.4 is 4.74 Å². The standard InChI is InChI=1S/C10H10N4O/c1-7-10(13-4-3-12-7)8-5-11-6-9(14-8)15-2/h3-6H,1-2H3. The van der Waals surface area contributed by atoms with Crippen LogP contribution in [0, 0.1) is 6.92 Å². The molecule has 0 amide bonds. The first-order valence-electron chi connectivity index (χ1n) is 4.45. The van der Waals surface area contributed by atoms with Crippen molar-refractivity contribution in [3.05, 3.63) is 30.5 Å². The Morgan fingerprint density at radius 2 is 1.93 bits per heavy atom. The molecule has 76 valence electrons. The molecule has 0 aromatic carbocycles. The van der Waals surface area contributed by atoms with Crippen molar-refractivity contribution in [1.29, 1.82) is 0 Å². The fraction of sp³-hybridized carbons (Fsp3) is 0.200. The first-order chi connectivity index (χ1) is 7.31. The van der Waals surface area contributed by atoms with Crippen LogP contribution in [0.5, 0.6) is 5.88 Å². The fourth-order valence-corrected chi connectivity index (χ4v) is 1.22. The van der Waals surface area contributed by atoms with Gasteiger partial charge in [0.15, 0.2) is 0 Å². The van der Waals surface area contributed by atoms with Gasteiger partial charge in [-0.15, -0.1) is 0 Å². The number of ether oxygens (including phenoxy) is 1. The van der Waals surface area contributed by atoms with Gasteiger partial charge < -0.3 is 4.74 Å². The van der Waals surface area contributed by atoms with Gasteiger partial charge in [-0.2, -0.15) is 0 Å². The highest BCUT2D eigenvalue weighted by atomic mass is 16.5. The van der Waals surface area contributed by atoms with Crippen molar-refractivity contribution in [2.45, 2.75) is 6.92 Å². The lowest BCUT2D eigenvalue weighted by molar-refractivity contribution is 0.396. The molecule has 0 bridgehead atoms. The molecule has 2 rings (SSSR count). The molecule has 15 heavy (non-hydrogen) atoms. The van der Waals surface area contributed by atoms with E-state index >= 15 is 0 Å². The summed E-state index contributed by atoms with van der Waals surface area (Å²) in [6.45, 7) is 1.88. The van der Waals surface area contributed by atoms with E-state index in [4.69, 9.17) is 4.74 Å². The second kappa shape index (κ2) is 4.00. The van der Waals surface area contributed by atoms with Gasteiger partial charge in [0.25, 0.3) is 0 Å². The average molecular weight is 202 g/mol. The van der Waals surface area contributed by atoms with E-state index in [1.807, 2.05) is 6.92 Å². The molecular weight excluding hydrogens is 192 g/mol. The van der Waals surface area contributed by atoms with Crippen LogP contribution in [0.3, 0.4) is 0 Å². The average Bonchev–Trinajstić information content (AvgIpc) is 2.30. The topological polar surface area (TPSA) is 60.8 Å². The Bertz CT molecular complexity index is 472. The summed E-state index contributed by atoms with van der Waals surface area (Å²) in [5.74, 6) is 0.470. The van der Waals surface area contributed by atoms with Gasteiger partial charge in [0, 0.05) is 12.4 Å². The molecular formula is C10H10N4O. The zero-order chi connectivity index (χ0) is 10.7. The van der Waals surface area contributed by atoms with Gasteiger partial charge in [0.1, 0.15) is 11.4 Å². The van der Waals surface area contributed by atoms with Crippen molar-refractivity contribution in [3.63, 3.8) is 0 Å². The van der Waals surface area contributed by atoms with Crippen LogP contribution in [0.15, 0.2) is 24.8 Å². The molecule has 0 aliphatic rings. The number of methoxy groups -OCH3 is 1. The molecule has 0 unspecified atom stereocenters. The third-order valence-electron chi connectivity index (χ3n) is 1.95. The molecule has 5 nitrogen and oxygen atoms in total. The number of nitrogens with zero attached hydrogens (tertiary/aromatic N) is 4. The summed E-state index contributed by atoms with van der Waals surface area (Å²) < 4.78 is 4.99. The number of aryl methyl sites for hydroxylation is 1. The summed E-state index contributed by atoms with van der Waals surface area (Å²) in [7, 11) is 1.55. The van der Waals surface area contributed by atoms with E-state index in [1.165, 1.54) is 0 Å². The van der Waals surface area contributed by atoms with E-state index in [0.29, 0.717) is 11.6 Å². The molecule has 2 aromatic rings. The maximum Gasteiger partial charge on any atom is 0.232 e. The minimum atomic E-state index is 0.470. The molecule has 0 atom stereocenters. The number of hydrogen-bond donors (Lipinski definition) is 0. The molecule has 0 saturated carbocycles. The Kier molecular flexibility index (Phi) is 2.53. The number of aromatic nitrogens is 4. The predicted molar refractivity (Wildman–Crippen MR) is 54.3 cm³/mol. The van der Waals surface area contributed by atoms with Crippen molar-refractivity contribution in [1.82, 2.24) is 19.9 Å². The van der Waals surface area contributed by atoms with Crippen LogP contribution >= 0.6 is 0 Å². The van der Waals surface area contributed by atoms with Gasteiger partial charge in [0.2, 0.25) is 5.88 Å². The Balaban J connectivity index is 2.49. The van der Waals surface area contributed by atoms with Crippen molar-refractivity contribution in [2.75, 3.05) is 7.11 Å². The smallest absolute Gasteiger partial charge is 0.232 e. The maximum atomic E-state index is 4.99. The number of rotatable bonds is 2. The van der Waals surface area contributed by atoms with Crippen molar-refractivity contribution in [2.24, 2.45) is 0 Å². The summed E-state index contributed by atoms with van der Waals surface area (Å²) in [6.07, 6.45) is 6.46. The van der Waals surface area contributed by atoms with E-state index in [2.05, 4.69) is 19.9 Å². The quantitative estimate of drug-likeness (QED) is 0.733. The third-order valence-corrected chi connectivity index (χ3v) is 1.95. The van der Waals surface area contributed by atoms with Crippen LogP contribution in [-0.4, -0.2) is 27.0 Å². The molecule has 0 fully saturated rings. The molecule has 5 heteroatoms. The fourth-order valence-electron chi connectivity index (χ4n) is 1.22. The monoisotopic (exact) mass is 202 g/mol. The van der Waals surface area contributed by atoms with Crippen molar-refractivity contribution in [3.8, 4) is 17.3 Å². The van der Waals surface area contributed by atoms with Crippen LogP contribution in [0.4, 0.5) is 0 Å². The number of hydrogen-bond acceptors (Lipinski definition) is 5. The highest BCUT2D eigenvalue weighted by Gasteiger charge is 2.06. The normalized spacial score (nSPS) is 10.0. The molecule has 0 radical (unpaired) electrons. The van der Waals surface area contributed by atoms with Gasteiger partial charge >= 0.3 is 0 Å². The van der Waals surface area contributed by atoms with Crippen LogP contribution in [0.2, 0.25) is 0 Å². The lowest BCUT2D eigenvalue weighted by Gasteiger charge is -2.03. The minimum absolute atomic E-state index is 0.470. The zero-order valence-corrected chi connectivity index (χ0v) is 8.51. The van der Waals surface area contributed by atoms with Crippen LogP contribution in [0.25, 0.3) is 11.4 Å². The summed E-state index contributed by atoms with van der Waals surface area (Å²) in [5.41, 5.74) is 2.21. The molecule has 0 aliphatic heterocycles. The highest BCUT2D eigenvalue weighted by molar-refractivity contribution is 5.55. The summed E-state index contributed by atoms with van der Waals surface area (Å²) >= 11 is 0. The van der Waals surface area contributed by atoms with E-state index < -0.39 is 0 Å². The molecule has 0 aliphatic carbocycles. The van der Waals surface area contributed by atoms with Gasteiger partial charge in [-0.1, -0.05) is 0 Å². The van der Waals surface area contributed by atoms with E-state index in [-0.39, 0.29) is 0 Å². The molecule has 2 aromatic heterocycles. The Morgan fingerprint density at radius 1 is 1.13 bits per heavy atom. The Morgan fingerprint density at radius 3 is 2.67 bits per heavy atom. The first-order valence-corrected chi connectivity index (χ1v) is 4.45. The molecule has 0 N–H and O–H groups in total. The van der Waals surface area contributed by atoms with Crippen molar-refractivity contribution >= 4 is 0 Å². The minimum Gasteiger partial charge on any atom is -0.480 e. The van der Waals surface area contributed by atoms with Crippen LogP contribution in [-0.2, 0) is 0 Å². The molecule has 0 saturated heterocycles. The van der Waals surface area contributed by atoms with E-state index in [0.717, 1.165) is 11.4 Å². The van der Waals surface area contributed by atoms with Gasteiger partial charge in [-0.05, 0) is 6.92 Å². The second-order valence-electron chi connectivity index (χ2n) is 2.94. The van der Waals surface area contributed by atoms with Crippen LogP contribution in [0.1, 0.15) is 5.69 Å². The van der Waals surface area contributed by atoms with Gasteiger partial charge in [-0.25, -0.2) is 4.98 Å². The zero-order valence-electron chi connectivity index (χ0n) is 8.51. The van der Waals surface area contributed by atoms with E-state index in [9.17, 15) is 0 Å².